The Morgan fingerprint density at radius 2 is 1.92 bits per heavy atom. The number of phenolic OH excluding ortho intramolecular Hbond substituents is 1. The van der Waals surface area contributed by atoms with Crippen molar-refractivity contribution in [3.05, 3.63) is 42.2 Å². The van der Waals surface area contributed by atoms with Gasteiger partial charge in [0.1, 0.15) is 11.6 Å². The van der Waals surface area contributed by atoms with Crippen molar-refractivity contribution in [3.8, 4) is 28.3 Å². The zero-order chi connectivity index (χ0) is 17.4. The van der Waals surface area contributed by atoms with Gasteiger partial charge in [-0.2, -0.15) is 0 Å². The van der Waals surface area contributed by atoms with Crippen LogP contribution in [0.2, 0.25) is 0 Å². The Balaban J connectivity index is 1.67. The fourth-order valence-corrected chi connectivity index (χ4v) is 3.03. The van der Waals surface area contributed by atoms with Crippen LogP contribution in [0.25, 0.3) is 22.6 Å². The van der Waals surface area contributed by atoms with E-state index in [-0.39, 0.29) is 22.6 Å². The second-order valence-electron chi connectivity index (χ2n) is 6.06. The molecule has 0 aliphatic carbocycles. The summed E-state index contributed by atoms with van der Waals surface area (Å²) < 4.78 is 19.8. The highest BCUT2D eigenvalue weighted by molar-refractivity contribution is 5.73. The number of anilines is 1. The van der Waals surface area contributed by atoms with Crippen molar-refractivity contribution < 1.29 is 13.9 Å². The van der Waals surface area contributed by atoms with Crippen molar-refractivity contribution in [2.75, 3.05) is 18.0 Å². The third-order valence-corrected chi connectivity index (χ3v) is 4.33. The molecule has 1 aromatic carbocycles. The van der Waals surface area contributed by atoms with Gasteiger partial charge in [0.15, 0.2) is 17.5 Å². The largest absolute Gasteiger partial charge is 0.507 e. The minimum Gasteiger partial charge on any atom is -0.507 e. The fourth-order valence-electron chi connectivity index (χ4n) is 3.03. The van der Waals surface area contributed by atoms with E-state index in [9.17, 15) is 9.50 Å². The number of rotatable bonds is 3. The lowest BCUT2D eigenvalue weighted by molar-refractivity contribution is 0.474. The molecule has 6 nitrogen and oxygen atoms in total. The topological polar surface area (TPSA) is 75.3 Å². The molecule has 1 aliphatic heterocycles. The third kappa shape index (κ3) is 2.93. The summed E-state index contributed by atoms with van der Waals surface area (Å²) >= 11 is 0. The van der Waals surface area contributed by atoms with Crippen LogP contribution in [-0.4, -0.2) is 33.4 Å². The van der Waals surface area contributed by atoms with Crippen molar-refractivity contribution in [1.82, 2.24) is 15.2 Å². The predicted octanol–water partition coefficient (Wildman–Crippen LogP) is 3.55. The van der Waals surface area contributed by atoms with Gasteiger partial charge < -0.3 is 14.4 Å². The Labute approximate surface area is 144 Å². The summed E-state index contributed by atoms with van der Waals surface area (Å²) in [5, 5.41) is 18.7. The van der Waals surface area contributed by atoms with Crippen LogP contribution in [0.1, 0.15) is 18.7 Å². The van der Waals surface area contributed by atoms with E-state index in [4.69, 9.17) is 4.42 Å². The van der Waals surface area contributed by atoms with Crippen LogP contribution >= 0.6 is 0 Å². The van der Waals surface area contributed by atoms with Crippen LogP contribution in [-0.2, 0) is 0 Å². The Bertz CT molecular complexity index is 902. The summed E-state index contributed by atoms with van der Waals surface area (Å²) in [7, 11) is 0. The molecule has 1 aliphatic rings. The van der Waals surface area contributed by atoms with Gasteiger partial charge >= 0.3 is 0 Å². The van der Waals surface area contributed by atoms with E-state index in [1.807, 2.05) is 6.07 Å². The SMILES string of the molecule is Cc1ncc(-c2cc(O)c(-c3ccc(N4CCCC4)nn3)cc2F)o1. The van der Waals surface area contributed by atoms with E-state index in [2.05, 4.69) is 20.1 Å². The smallest absolute Gasteiger partial charge is 0.191 e. The molecule has 1 N–H and O–H groups in total. The van der Waals surface area contributed by atoms with E-state index in [0.717, 1.165) is 31.7 Å². The first-order valence-electron chi connectivity index (χ1n) is 8.16. The molecule has 0 amide bonds. The van der Waals surface area contributed by atoms with Crippen LogP contribution in [0.4, 0.5) is 10.2 Å². The lowest BCUT2D eigenvalue weighted by atomic mass is 10.1. The number of nitrogens with zero attached hydrogens (tertiary/aromatic N) is 4. The average molecular weight is 340 g/mol. The van der Waals surface area contributed by atoms with E-state index in [1.165, 1.54) is 18.3 Å². The maximum absolute atomic E-state index is 14.5. The van der Waals surface area contributed by atoms with Gasteiger partial charge in [-0.1, -0.05) is 0 Å². The van der Waals surface area contributed by atoms with Crippen LogP contribution < -0.4 is 4.90 Å². The van der Waals surface area contributed by atoms with Crippen molar-refractivity contribution >= 4 is 5.82 Å². The van der Waals surface area contributed by atoms with Gasteiger partial charge in [0.05, 0.1) is 17.5 Å². The lowest BCUT2D eigenvalue weighted by Crippen LogP contribution is -2.19. The molecule has 3 heterocycles. The third-order valence-electron chi connectivity index (χ3n) is 4.33. The second kappa shape index (κ2) is 6.16. The minimum absolute atomic E-state index is 0.0892. The lowest BCUT2D eigenvalue weighted by Gasteiger charge is -2.15. The van der Waals surface area contributed by atoms with Crippen molar-refractivity contribution in [2.24, 2.45) is 0 Å². The molecule has 25 heavy (non-hydrogen) atoms. The maximum atomic E-state index is 14.5. The Morgan fingerprint density at radius 1 is 1.12 bits per heavy atom. The Morgan fingerprint density at radius 3 is 2.56 bits per heavy atom. The summed E-state index contributed by atoms with van der Waals surface area (Å²) in [5.41, 5.74) is 0.862. The number of aromatic nitrogens is 3. The van der Waals surface area contributed by atoms with Gasteiger partial charge in [0.2, 0.25) is 0 Å². The molecule has 0 unspecified atom stereocenters. The number of hydrogen-bond donors (Lipinski definition) is 1. The molecule has 128 valence electrons. The van der Waals surface area contributed by atoms with Crippen molar-refractivity contribution in [2.45, 2.75) is 19.8 Å². The highest BCUT2D eigenvalue weighted by atomic mass is 19.1. The van der Waals surface area contributed by atoms with Crippen molar-refractivity contribution in [3.63, 3.8) is 0 Å². The number of aromatic hydroxyl groups is 1. The molecule has 3 aromatic rings. The highest BCUT2D eigenvalue weighted by Crippen LogP contribution is 2.35. The van der Waals surface area contributed by atoms with Crippen LogP contribution in [0.15, 0.2) is 34.9 Å². The van der Waals surface area contributed by atoms with E-state index < -0.39 is 5.82 Å². The number of oxazole rings is 1. The quantitative estimate of drug-likeness (QED) is 0.786. The minimum atomic E-state index is -0.519. The zero-order valence-corrected chi connectivity index (χ0v) is 13.7. The first-order chi connectivity index (χ1) is 12.1. The maximum Gasteiger partial charge on any atom is 0.191 e. The number of benzene rings is 1. The number of hydrogen-bond acceptors (Lipinski definition) is 6. The summed E-state index contributed by atoms with van der Waals surface area (Å²) in [6.07, 6.45) is 3.73. The van der Waals surface area contributed by atoms with Gasteiger partial charge in [0, 0.05) is 25.6 Å². The predicted molar refractivity (Wildman–Crippen MR) is 90.8 cm³/mol. The molecule has 0 atom stereocenters. The van der Waals surface area contributed by atoms with Gasteiger partial charge in [-0.15, -0.1) is 10.2 Å². The molecule has 0 bridgehead atoms. The molecule has 0 radical (unpaired) electrons. The summed E-state index contributed by atoms with van der Waals surface area (Å²) in [4.78, 5) is 6.11. The van der Waals surface area contributed by atoms with E-state index in [0.29, 0.717) is 11.6 Å². The van der Waals surface area contributed by atoms with Crippen LogP contribution in [0.3, 0.4) is 0 Å². The molecular formula is C18H17FN4O2. The average Bonchev–Trinajstić information content (AvgIpc) is 3.28. The normalized spacial score (nSPS) is 14.2. The fraction of sp³-hybridized carbons (Fsp3) is 0.278. The molecule has 0 spiro atoms. The van der Waals surface area contributed by atoms with Crippen LogP contribution in [0, 0.1) is 12.7 Å². The van der Waals surface area contributed by atoms with Gasteiger partial charge in [-0.3, -0.25) is 0 Å². The van der Waals surface area contributed by atoms with Crippen molar-refractivity contribution in [1.29, 1.82) is 0 Å². The van der Waals surface area contributed by atoms with Gasteiger partial charge in [-0.25, -0.2) is 9.37 Å². The number of phenols is 1. The van der Waals surface area contributed by atoms with E-state index >= 15 is 0 Å². The molecular weight excluding hydrogens is 323 g/mol. The Hall–Kier alpha value is -2.96. The molecule has 0 saturated carbocycles. The molecule has 1 fully saturated rings. The molecule has 7 heteroatoms. The Kier molecular flexibility index (Phi) is 3.83. The first-order valence-corrected chi connectivity index (χ1v) is 8.16. The van der Waals surface area contributed by atoms with E-state index in [1.54, 1.807) is 13.0 Å². The van der Waals surface area contributed by atoms with Gasteiger partial charge in [-0.05, 0) is 37.1 Å². The van der Waals surface area contributed by atoms with Crippen LogP contribution in [0.5, 0.6) is 5.75 Å². The standard InChI is InChI=1S/C18H17FN4O2/c1-11-20-10-17(25-11)12-9-16(24)13(8-14(12)19)15-4-5-18(22-21-15)23-6-2-3-7-23/h4-5,8-10,24H,2-3,6-7H2,1H3. The highest BCUT2D eigenvalue weighted by Gasteiger charge is 2.18. The van der Waals surface area contributed by atoms with Gasteiger partial charge in [0.25, 0.3) is 0 Å². The monoisotopic (exact) mass is 340 g/mol. The zero-order valence-electron chi connectivity index (χ0n) is 13.7. The molecule has 4 rings (SSSR count). The summed E-state index contributed by atoms with van der Waals surface area (Å²) in [6.45, 7) is 3.62. The second-order valence-corrected chi connectivity index (χ2v) is 6.06. The molecule has 2 aromatic heterocycles. The summed E-state index contributed by atoms with van der Waals surface area (Å²) in [6, 6.07) is 6.15. The number of aryl methyl sites for hydroxylation is 1. The number of halogens is 1. The first kappa shape index (κ1) is 15.6. The molecule has 1 saturated heterocycles. The summed E-state index contributed by atoms with van der Waals surface area (Å²) in [5.74, 6) is 0.895.